The first kappa shape index (κ1) is 15.4. The number of morpholine rings is 1. The van der Waals surface area contributed by atoms with Crippen LogP contribution in [-0.2, 0) is 18.3 Å². The van der Waals surface area contributed by atoms with Gasteiger partial charge in [0.25, 0.3) is 5.56 Å². The molecule has 126 valence electrons. The lowest BCUT2D eigenvalue weighted by atomic mass is 10.2. The molecule has 9 heteroatoms. The number of thiazole rings is 1. The molecule has 24 heavy (non-hydrogen) atoms. The van der Waals surface area contributed by atoms with E-state index in [-0.39, 0.29) is 11.7 Å². The molecule has 1 atom stereocenters. The maximum atomic E-state index is 12.1. The highest BCUT2D eigenvalue weighted by Gasteiger charge is 2.25. The maximum absolute atomic E-state index is 12.1. The fourth-order valence-electron chi connectivity index (χ4n) is 2.88. The molecule has 1 aliphatic rings. The Labute approximate surface area is 142 Å². The van der Waals surface area contributed by atoms with Crippen molar-refractivity contribution in [2.75, 3.05) is 19.7 Å². The van der Waals surface area contributed by atoms with Gasteiger partial charge in [-0.05, 0) is 6.92 Å². The fraction of sp³-hybridized carbons (Fsp3) is 0.467. The van der Waals surface area contributed by atoms with E-state index in [9.17, 15) is 4.79 Å². The number of nitrogens with one attached hydrogen (secondary N) is 1. The molecular weight excluding hydrogens is 328 g/mol. The second kappa shape index (κ2) is 6.08. The topological polar surface area (TPSA) is 88.9 Å². The predicted molar refractivity (Wildman–Crippen MR) is 90.0 cm³/mol. The molecule has 1 saturated heterocycles. The molecule has 0 radical (unpaired) electrons. The van der Waals surface area contributed by atoms with E-state index in [0.717, 1.165) is 23.8 Å². The molecule has 1 fully saturated rings. The van der Waals surface area contributed by atoms with Crippen LogP contribution in [0.3, 0.4) is 0 Å². The number of fused-ring (bicyclic) bond motifs is 1. The minimum absolute atomic E-state index is 0.0235. The van der Waals surface area contributed by atoms with E-state index in [2.05, 4.69) is 25.0 Å². The first-order valence-corrected chi connectivity index (χ1v) is 8.65. The minimum atomic E-state index is -0.150. The van der Waals surface area contributed by atoms with Gasteiger partial charge in [0, 0.05) is 31.2 Å². The van der Waals surface area contributed by atoms with Crippen molar-refractivity contribution in [1.82, 2.24) is 29.6 Å². The van der Waals surface area contributed by atoms with E-state index in [1.807, 2.05) is 12.3 Å². The number of H-pyrrole nitrogens is 1. The Bertz CT molecular complexity index is 930. The van der Waals surface area contributed by atoms with E-state index >= 15 is 0 Å². The first-order valence-electron chi connectivity index (χ1n) is 7.77. The Kier molecular flexibility index (Phi) is 3.91. The van der Waals surface area contributed by atoms with Gasteiger partial charge in [0.05, 0.1) is 19.3 Å². The van der Waals surface area contributed by atoms with Crippen LogP contribution in [0.5, 0.6) is 0 Å². The predicted octanol–water partition coefficient (Wildman–Crippen LogP) is 0.995. The van der Waals surface area contributed by atoms with Crippen LogP contribution in [-0.4, -0.2) is 49.3 Å². The summed E-state index contributed by atoms with van der Waals surface area (Å²) in [7, 11) is 1.79. The van der Waals surface area contributed by atoms with Crippen LogP contribution in [0.2, 0.25) is 0 Å². The highest BCUT2D eigenvalue weighted by atomic mass is 32.1. The van der Waals surface area contributed by atoms with Gasteiger partial charge in [-0.15, -0.1) is 11.3 Å². The molecular formula is C15H18N6O2S. The van der Waals surface area contributed by atoms with Gasteiger partial charge in [0.15, 0.2) is 5.65 Å². The Balaban J connectivity index is 1.54. The monoisotopic (exact) mass is 346 g/mol. The van der Waals surface area contributed by atoms with Crippen LogP contribution >= 0.6 is 11.3 Å². The molecule has 0 bridgehead atoms. The van der Waals surface area contributed by atoms with Crippen molar-refractivity contribution >= 4 is 22.4 Å². The number of aromatic amines is 1. The van der Waals surface area contributed by atoms with Crippen molar-refractivity contribution in [1.29, 1.82) is 0 Å². The Morgan fingerprint density at radius 1 is 1.46 bits per heavy atom. The molecule has 0 spiro atoms. The number of rotatable bonds is 3. The van der Waals surface area contributed by atoms with Crippen LogP contribution < -0.4 is 5.56 Å². The van der Waals surface area contributed by atoms with Gasteiger partial charge in [-0.3, -0.25) is 14.4 Å². The lowest BCUT2D eigenvalue weighted by Gasteiger charge is -2.31. The summed E-state index contributed by atoms with van der Waals surface area (Å²) in [5.74, 6) is 0.645. The van der Waals surface area contributed by atoms with Gasteiger partial charge >= 0.3 is 0 Å². The lowest BCUT2D eigenvalue weighted by molar-refractivity contribution is -0.0337. The van der Waals surface area contributed by atoms with E-state index in [1.165, 1.54) is 0 Å². The van der Waals surface area contributed by atoms with E-state index < -0.39 is 0 Å². The van der Waals surface area contributed by atoms with Crippen molar-refractivity contribution in [3.8, 4) is 0 Å². The van der Waals surface area contributed by atoms with Gasteiger partial charge in [0.1, 0.15) is 22.3 Å². The zero-order valence-corrected chi connectivity index (χ0v) is 14.3. The van der Waals surface area contributed by atoms with Crippen LogP contribution in [0, 0.1) is 6.92 Å². The normalized spacial score (nSPS) is 19.2. The molecule has 3 aromatic heterocycles. The van der Waals surface area contributed by atoms with Crippen LogP contribution in [0.15, 0.2) is 16.4 Å². The number of hydrogen-bond donors (Lipinski definition) is 1. The summed E-state index contributed by atoms with van der Waals surface area (Å²) in [5.41, 5.74) is 1.47. The third-order valence-corrected chi connectivity index (χ3v) is 5.14. The second-order valence-corrected chi connectivity index (χ2v) is 6.83. The summed E-state index contributed by atoms with van der Waals surface area (Å²) in [6.45, 7) is 4.73. The summed E-state index contributed by atoms with van der Waals surface area (Å²) in [5, 5.41) is 7.64. The van der Waals surface area contributed by atoms with Gasteiger partial charge in [0.2, 0.25) is 0 Å². The van der Waals surface area contributed by atoms with Gasteiger partial charge < -0.3 is 9.72 Å². The van der Waals surface area contributed by atoms with Gasteiger partial charge in [-0.1, -0.05) is 0 Å². The van der Waals surface area contributed by atoms with Crippen molar-refractivity contribution in [3.05, 3.63) is 38.5 Å². The van der Waals surface area contributed by atoms with Crippen molar-refractivity contribution < 1.29 is 4.74 Å². The number of aromatic nitrogens is 5. The number of ether oxygens (including phenoxy) is 1. The lowest BCUT2D eigenvalue weighted by Crippen LogP contribution is -2.38. The first-order chi connectivity index (χ1) is 11.6. The maximum Gasteiger partial charge on any atom is 0.262 e. The van der Waals surface area contributed by atoms with Crippen molar-refractivity contribution in [2.45, 2.75) is 19.6 Å². The van der Waals surface area contributed by atoms with Crippen LogP contribution in [0.25, 0.3) is 11.0 Å². The zero-order chi connectivity index (χ0) is 16.7. The van der Waals surface area contributed by atoms with Crippen molar-refractivity contribution in [3.63, 3.8) is 0 Å². The highest BCUT2D eigenvalue weighted by Crippen LogP contribution is 2.25. The molecule has 3 aromatic rings. The third-order valence-electron chi connectivity index (χ3n) is 4.09. The summed E-state index contributed by atoms with van der Waals surface area (Å²) < 4.78 is 7.47. The van der Waals surface area contributed by atoms with E-state index in [1.54, 1.807) is 29.3 Å². The van der Waals surface area contributed by atoms with E-state index in [4.69, 9.17) is 4.74 Å². The fourth-order valence-corrected chi connectivity index (χ4v) is 3.72. The Hall–Kier alpha value is -2.10. The van der Waals surface area contributed by atoms with Gasteiger partial charge in [-0.2, -0.15) is 5.10 Å². The van der Waals surface area contributed by atoms with Gasteiger partial charge in [-0.25, -0.2) is 9.97 Å². The molecule has 4 rings (SSSR count). The zero-order valence-electron chi connectivity index (χ0n) is 13.5. The molecule has 0 aromatic carbocycles. The van der Waals surface area contributed by atoms with Crippen LogP contribution in [0.4, 0.5) is 0 Å². The molecule has 8 nitrogen and oxygen atoms in total. The largest absolute Gasteiger partial charge is 0.368 e. The molecule has 0 aliphatic carbocycles. The Morgan fingerprint density at radius 3 is 3.12 bits per heavy atom. The number of nitrogens with zero attached hydrogens (tertiary/aromatic N) is 5. The number of aryl methyl sites for hydroxylation is 2. The average molecular weight is 346 g/mol. The molecule has 1 N–H and O–H groups in total. The molecule has 4 heterocycles. The second-order valence-electron chi connectivity index (χ2n) is 5.94. The summed E-state index contributed by atoms with van der Waals surface area (Å²) in [4.78, 5) is 26.3. The summed E-state index contributed by atoms with van der Waals surface area (Å²) >= 11 is 1.62. The van der Waals surface area contributed by atoms with Crippen LogP contribution in [0.1, 0.15) is 22.6 Å². The minimum Gasteiger partial charge on any atom is -0.368 e. The van der Waals surface area contributed by atoms with E-state index in [0.29, 0.717) is 30.0 Å². The summed E-state index contributed by atoms with van der Waals surface area (Å²) in [6, 6.07) is 0. The summed E-state index contributed by atoms with van der Waals surface area (Å²) in [6.07, 6.45) is 1.52. The third kappa shape index (κ3) is 2.85. The molecule has 0 saturated carbocycles. The smallest absolute Gasteiger partial charge is 0.262 e. The molecule has 0 amide bonds. The molecule has 1 aliphatic heterocycles. The van der Waals surface area contributed by atoms with Crippen molar-refractivity contribution in [2.24, 2.45) is 7.05 Å². The molecule has 0 unspecified atom stereocenters. The highest BCUT2D eigenvalue weighted by molar-refractivity contribution is 7.09. The quantitative estimate of drug-likeness (QED) is 0.761. The Morgan fingerprint density at radius 2 is 2.33 bits per heavy atom. The SMILES string of the molecule is Cc1csc([C@@H]2CN(Cc3nc4c(cnn4C)c(=O)[nH]3)CCO2)n1. The average Bonchev–Trinajstić information content (AvgIpc) is 3.15. The standard InChI is InChI=1S/C15H18N6O2S/c1-9-8-24-15(17-9)11-6-21(3-4-23-11)7-12-18-13-10(14(22)19-12)5-16-20(13)2/h5,8,11H,3-4,6-7H2,1-2H3,(H,18,19,22)/t11-/m0/s1. The number of hydrogen-bond acceptors (Lipinski definition) is 7.